The Bertz CT molecular complexity index is 1150. The van der Waals surface area contributed by atoms with Gasteiger partial charge in [0.25, 0.3) is 5.91 Å². The third-order valence-electron chi connectivity index (χ3n) is 5.49. The topological polar surface area (TPSA) is 96.9 Å². The monoisotopic (exact) mass is 490 g/mol. The number of nitrogens with two attached hydrogens (primary N) is 2. The van der Waals surface area contributed by atoms with Gasteiger partial charge >= 0.3 is 0 Å². The number of amides is 1. The normalized spacial score (nSPS) is 13.3. The Morgan fingerprint density at radius 1 is 1.15 bits per heavy atom. The molecule has 2 aromatic carbocycles. The second kappa shape index (κ2) is 12.1. The summed E-state index contributed by atoms with van der Waals surface area (Å²) < 4.78 is 13.3. The fourth-order valence-corrected chi connectivity index (χ4v) is 3.52. The molecule has 176 valence electrons. The average molecular weight is 491 g/mol. The molecule has 0 radical (unpaired) electrons. The maximum atomic E-state index is 13.3. The van der Waals surface area contributed by atoms with E-state index in [0.717, 1.165) is 47.7 Å². The van der Waals surface area contributed by atoms with Gasteiger partial charge in [-0.05, 0) is 61.6 Å². The molecule has 0 aliphatic heterocycles. The van der Waals surface area contributed by atoms with Crippen molar-refractivity contribution < 1.29 is 9.18 Å². The van der Waals surface area contributed by atoms with E-state index in [-0.39, 0.29) is 42.6 Å². The fraction of sp³-hybridized carbons (Fsp3) is 0.320. The van der Waals surface area contributed by atoms with E-state index in [1.54, 1.807) is 12.1 Å². The summed E-state index contributed by atoms with van der Waals surface area (Å²) in [6.07, 6.45) is 3.82. The smallest absolute Gasteiger partial charge is 0.269 e. The van der Waals surface area contributed by atoms with E-state index in [4.69, 9.17) is 11.5 Å². The second-order valence-electron chi connectivity index (χ2n) is 8.09. The van der Waals surface area contributed by atoms with Crippen LogP contribution in [0.15, 0.2) is 42.5 Å². The summed E-state index contributed by atoms with van der Waals surface area (Å²) in [5, 5.41) is 3.82. The molecule has 4 rings (SSSR count). The molecule has 1 saturated carbocycles. The summed E-state index contributed by atoms with van der Waals surface area (Å²) in [7, 11) is 0. The van der Waals surface area contributed by atoms with Crippen molar-refractivity contribution in [2.75, 3.05) is 13.1 Å². The summed E-state index contributed by atoms with van der Waals surface area (Å²) in [5.41, 5.74) is 15.4. The molecule has 33 heavy (non-hydrogen) atoms. The van der Waals surface area contributed by atoms with Gasteiger partial charge in [0.05, 0.1) is 5.56 Å². The van der Waals surface area contributed by atoms with Crippen LogP contribution in [0.4, 0.5) is 4.39 Å². The van der Waals surface area contributed by atoms with Crippen molar-refractivity contribution in [3.8, 4) is 23.0 Å². The molecule has 1 heterocycles. The molecule has 0 saturated heterocycles. The largest absolute Gasteiger partial charge is 0.349 e. The average Bonchev–Trinajstić information content (AvgIpc) is 3.54. The minimum Gasteiger partial charge on any atom is -0.349 e. The first-order valence-corrected chi connectivity index (χ1v) is 10.7. The first-order chi connectivity index (χ1) is 15.0. The van der Waals surface area contributed by atoms with E-state index < -0.39 is 0 Å². The maximum Gasteiger partial charge on any atom is 0.269 e. The van der Waals surface area contributed by atoms with Crippen molar-refractivity contribution in [2.24, 2.45) is 17.4 Å². The molecule has 1 aliphatic rings. The summed E-state index contributed by atoms with van der Waals surface area (Å²) >= 11 is 0. The number of fused-ring (bicyclic) bond motifs is 1. The van der Waals surface area contributed by atoms with Crippen molar-refractivity contribution >= 4 is 41.6 Å². The number of hydrogen-bond donors (Lipinski definition) is 4. The quantitative estimate of drug-likeness (QED) is 0.370. The minimum absolute atomic E-state index is 0. The Balaban J connectivity index is 0.00000193. The Morgan fingerprint density at radius 3 is 2.52 bits per heavy atom. The standard InChI is InChI=1S/C25H27FN4O.2ClH/c26-19-9-6-17(7-10-19)18-8-12-21-22(11-5-16-3-4-16)24(30-23(21)14-18)25(31)29-15-20(28)2-1-13-27;;/h6-10,12,14,16,20,30H,1-4,13,15,27-28H2,(H,29,31);2*1H/t20-;;/m0../s1. The van der Waals surface area contributed by atoms with Crippen LogP contribution in [-0.4, -0.2) is 30.0 Å². The SMILES string of the molecule is Cl.Cl.NCCC[C@H](N)CNC(=O)c1[nH]c2cc(-c3ccc(F)cc3)ccc2c1C#CC1CC1. The molecule has 1 fully saturated rings. The van der Waals surface area contributed by atoms with Gasteiger partial charge in [-0.3, -0.25) is 4.79 Å². The molecule has 1 atom stereocenters. The number of aromatic amines is 1. The Labute approximate surface area is 205 Å². The first kappa shape index (κ1) is 26.7. The third-order valence-corrected chi connectivity index (χ3v) is 5.49. The Kier molecular flexibility index (Phi) is 9.75. The van der Waals surface area contributed by atoms with Gasteiger partial charge in [0, 0.05) is 29.4 Å². The highest BCUT2D eigenvalue weighted by Gasteiger charge is 2.21. The molecule has 6 N–H and O–H groups in total. The van der Waals surface area contributed by atoms with Gasteiger partial charge in [-0.2, -0.15) is 0 Å². The van der Waals surface area contributed by atoms with Crippen LogP contribution < -0.4 is 16.8 Å². The number of carbonyl (C=O) groups excluding carboxylic acids is 1. The Morgan fingerprint density at radius 2 is 1.85 bits per heavy atom. The molecule has 5 nitrogen and oxygen atoms in total. The van der Waals surface area contributed by atoms with Crippen LogP contribution in [0.2, 0.25) is 0 Å². The molecular formula is C25H29Cl2FN4O. The van der Waals surface area contributed by atoms with Gasteiger partial charge in [0.15, 0.2) is 0 Å². The van der Waals surface area contributed by atoms with E-state index in [1.807, 2.05) is 18.2 Å². The fourth-order valence-electron chi connectivity index (χ4n) is 3.52. The zero-order valence-corrected chi connectivity index (χ0v) is 19.8. The summed E-state index contributed by atoms with van der Waals surface area (Å²) in [4.78, 5) is 16.2. The van der Waals surface area contributed by atoms with Gasteiger partial charge < -0.3 is 21.8 Å². The molecule has 0 bridgehead atoms. The molecule has 8 heteroatoms. The third kappa shape index (κ3) is 6.72. The zero-order valence-electron chi connectivity index (χ0n) is 18.2. The highest BCUT2D eigenvalue weighted by molar-refractivity contribution is 6.03. The van der Waals surface area contributed by atoms with Crippen LogP contribution in [-0.2, 0) is 0 Å². The first-order valence-electron chi connectivity index (χ1n) is 10.7. The molecule has 1 amide bonds. The molecule has 1 aromatic heterocycles. The lowest BCUT2D eigenvalue weighted by Crippen LogP contribution is -2.37. The van der Waals surface area contributed by atoms with E-state index >= 15 is 0 Å². The lowest BCUT2D eigenvalue weighted by Gasteiger charge is -2.11. The van der Waals surface area contributed by atoms with E-state index in [0.29, 0.717) is 30.3 Å². The number of halogens is 3. The summed E-state index contributed by atoms with van der Waals surface area (Å²) in [6, 6.07) is 12.1. The molecule has 3 aromatic rings. The van der Waals surface area contributed by atoms with Crippen LogP contribution >= 0.6 is 24.8 Å². The number of H-pyrrole nitrogens is 1. The van der Waals surface area contributed by atoms with Crippen molar-refractivity contribution in [3.05, 3.63) is 59.5 Å². The second-order valence-corrected chi connectivity index (χ2v) is 8.09. The van der Waals surface area contributed by atoms with Gasteiger partial charge in [-0.25, -0.2) is 4.39 Å². The lowest BCUT2D eigenvalue weighted by atomic mass is 10.0. The van der Waals surface area contributed by atoms with Crippen molar-refractivity contribution in [2.45, 2.75) is 31.7 Å². The van der Waals surface area contributed by atoms with Crippen LogP contribution in [0.25, 0.3) is 22.0 Å². The van der Waals surface area contributed by atoms with Crippen LogP contribution in [0.1, 0.15) is 41.7 Å². The molecule has 0 spiro atoms. The predicted molar refractivity (Wildman–Crippen MR) is 136 cm³/mol. The number of aromatic nitrogens is 1. The van der Waals surface area contributed by atoms with Crippen LogP contribution in [0.3, 0.4) is 0 Å². The molecular weight excluding hydrogens is 462 g/mol. The maximum absolute atomic E-state index is 13.3. The highest BCUT2D eigenvalue weighted by atomic mass is 35.5. The number of carbonyl (C=O) groups is 1. The van der Waals surface area contributed by atoms with E-state index in [2.05, 4.69) is 22.1 Å². The van der Waals surface area contributed by atoms with Gasteiger partial charge in [0.2, 0.25) is 0 Å². The number of benzene rings is 2. The molecule has 1 aliphatic carbocycles. The predicted octanol–water partition coefficient (Wildman–Crippen LogP) is 4.38. The van der Waals surface area contributed by atoms with Gasteiger partial charge in [-0.1, -0.05) is 36.1 Å². The van der Waals surface area contributed by atoms with Crippen molar-refractivity contribution in [1.29, 1.82) is 0 Å². The Hall–Kier alpha value is -2.56. The van der Waals surface area contributed by atoms with Gasteiger partial charge in [-0.15, -0.1) is 24.8 Å². The summed E-state index contributed by atoms with van der Waals surface area (Å²) in [5.74, 6) is 6.42. The number of hydrogen-bond acceptors (Lipinski definition) is 3. The van der Waals surface area contributed by atoms with Crippen molar-refractivity contribution in [3.63, 3.8) is 0 Å². The van der Waals surface area contributed by atoms with E-state index in [9.17, 15) is 9.18 Å². The van der Waals surface area contributed by atoms with Crippen LogP contribution in [0.5, 0.6) is 0 Å². The number of nitrogens with one attached hydrogen (secondary N) is 2. The molecule has 0 unspecified atom stereocenters. The van der Waals surface area contributed by atoms with Crippen LogP contribution in [0, 0.1) is 23.6 Å². The number of rotatable bonds is 7. The summed E-state index contributed by atoms with van der Waals surface area (Å²) in [6.45, 7) is 0.964. The lowest BCUT2D eigenvalue weighted by molar-refractivity contribution is 0.0946. The zero-order chi connectivity index (χ0) is 21.8. The van der Waals surface area contributed by atoms with Gasteiger partial charge in [0.1, 0.15) is 11.5 Å². The minimum atomic E-state index is -0.272. The van der Waals surface area contributed by atoms with E-state index in [1.165, 1.54) is 12.1 Å². The highest BCUT2D eigenvalue weighted by Crippen LogP contribution is 2.30. The van der Waals surface area contributed by atoms with Crippen molar-refractivity contribution in [1.82, 2.24) is 10.3 Å².